The molecule has 1 saturated carbocycles. The molecule has 2 aliphatic rings. The molecule has 2 aromatic rings. The van der Waals surface area contributed by atoms with Crippen LogP contribution in [0.15, 0.2) is 29.6 Å². The SMILES string of the molecule is COC(=O)[C@@H]1C[C@H](NC(C)(C)C)CC[C@@H]1N1CC[C@H](NC(=O)c2ccc(-c3cccs3)s2)C1=O. The highest BCUT2D eigenvalue weighted by molar-refractivity contribution is 7.22. The fourth-order valence-electron chi connectivity index (χ4n) is 5.08. The van der Waals surface area contributed by atoms with Crippen LogP contribution < -0.4 is 10.6 Å². The lowest BCUT2D eigenvalue weighted by atomic mass is 9.80. The third-order valence-electron chi connectivity index (χ3n) is 6.49. The molecule has 2 N–H and O–H groups in total. The van der Waals surface area contributed by atoms with Gasteiger partial charge in [-0.05, 0) is 70.0 Å². The van der Waals surface area contributed by atoms with Crippen molar-refractivity contribution in [3.05, 3.63) is 34.5 Å². The number of carbonyl (C=O) groups excluding carboxylic acids is 3. The fraction of sp³-hybridized carbons (Fsp3) is 0.560. The van der Waals surface area contributed by atoms with Crippen LogP contribution in [0, 0.1) is 5.92 Å². The van der Waals surface area contributed by atoms with Crippen LogP contribution in [-0.2, 0) is 14.3 Å². The average Bonchev–Trinajstić information content (AvgIpc) is 3.54. The van der Waals surface area contributed by atoms with Crippen molar-refractivity contribution in [1.82, 2.24) is 15.5 Å². The van der Waals surface area contributed by atoms with Crippen LogP contribution in [0.25, 0.3) is 9.75 Å². The first-order valence-electron chi connectivity index (χ1n) is 11.8. The van der Waals surface area contributed by atoms with Crippen LogP contribution in [-0.4, -0.2) is 60.0 Å². The van der Waals surface area contributed by atoms with E-state index in [1.165, 1.54) is 18.4 Å². The first-order valence-corrected chi connectivity index (χ1v) is 13.5. The molecule has 1 saturated heterocycles. The number of carbonyl (C=O) groups is 3. The Labute approximate surface area is 208 Å². The second kappa shape index (κ2) is 10.2. The number of amides is 2. The molecule has 184 valence electrons. The molecule has 2 aromatic heterocycles. The lowest BCUT2D eigenvalue weighted by Gasteiger charge is -2.41. The summed E-state index contributed by atoms with van der Waals surface area (Å²) in [5.74, 6) is -0.979. The minimum atomic E-state index is -0.566. The van der Waals surface area contributed by atoms with Gasteiger partial charge >= 0.3 is 5.97 Å². The Kier molecular flexibility index (Phi) is 7.45. The highest BCUT2D eigenvalue weighted by atomic mass is 32.1. The number of thiophene rings is 2. The summed E-state index contributed by atoms with van der Waals surface area (Å²) in [6, 6.07) is 7.20. The minimum Gasteiger partial charge on any atom is -0.469 e. The van der Waals surface area contributed by atoms with Crippen molar-refractivity contribution in [3.63, 3.8) is 0 Å². The third-order valence-corrected chi connectivity index (χ3v) is 8.64. The van der Waals surface area contributed by atoms with Gasteiger partial charge in [-0.3, -0.25) is 14.4 Å². The van der Waals surface area contributed by atoms with Gasteiger partial charge in [0.25, 0.3) is 5.91 Å². The van der Waals surface area contributed by atoms with Crippen molar-refractivity contribution in [1.29, 1.82) is 0 Å². The summed E-state index contributed by atoms with van der Waals surface area (Å²) in [5, 5.41) is 8.52. The molecule has 34 heavy (non-hydrogen) atoms. The Hall–Kier alpha value is -2.23. The van der Waals surface area contributed by atoms with Gasteiger partial charge < -0.3 is 20.3 Å². The number of ether oxygens (including phenoxy) is 1. The third kappa shape index (κ3) is 5.53. The van der Waals surface area contributed by atoms with Crippen molar-refractivity contribution in [2.24, 2.45) is 5.92 Å². The van der Waals surface area contributed by atoms with E-state index in [0.29, 0.717) is 24.3 Å². The molecule has 0 aromatic carbocycles. The zero-order valence-electron chi connectivity index (χ0n) is 20.1. The van der Waals surface area contributed by atoms with Gasteiger partial charge in [0, 0.05) is 33.9 Å². The van der Waals surface area contributed by atoms with Crippen LogP contribution in [0.2, 0.25) is 0 Å². The van der Waals surface area contributed by atoms with Gasteiger partial charge in [-0.2, -0.15) is 0 Å². The number of nitrogens with one attached hydrogen (secondary N) is 2. The molecule has 4 rings (SSSR count). The first kappa shape index (κ1) is 24.9. The summed E-state index contributed by atoms with van der Waals surface area (Å²) in [4.78, 5) is 43.3. The molecule has 7 nitrogen and oxygen atoms in total. The van der Waals surface area contributed by atoms with E-state index >= 15 is 0 Å². The van der Waals surface area contributed by atoms with E-state index < -0.39 is 6.04 Å². The zero-order chi connectivity index (χ0) is 24.5. The van der Waals surface area contributed by atoms with Gasteiger partial charge in [-0.25, -0.2) is 0 Å². The van der Waals surface area contributed by atoms with E-state index in [0.717, 1.165) is 22.6 Å². The first-order chi connectivity index (χ1) is 16.2. The molecule has 9 heteroatoms. The lowest BCUT2D eigenvalue weighted by Crippen LogP contribution is -2.55. The molecule has 2 fully saturated rings. The minimum absolute atomic E-state index is 0.0534. The molecule has 4 atom stereocenters. The van der Waals surface area contributed by atoms with Gasteiger partial charge in [0.1, 0.15) is 6.04 Å². The number of esters is 1. The Morgan fingerprint density at radius 3 is 2.59 bits per heavy atom. The Balaban J connectivity index is 1.40. The van der Waals surface area contributed by atoms with Gasteiger partial charge in [-0.15, -0.1) is 22.7 Å². The largest absolute Gasteiger partial charge is 0.469 e. The van der Waals surface area contributed by atoms with Crippen molar-refractivity contribution >= 4 is 40.5 Å². The van der Waals surface area contributed by atoms with Crippen LogP contribution in [0.1, 0.15) is 56.1 Å². The van der Waals surface area contributed by atoms with E-state index in [4.69, 9.17) is 4.74 Å². The zero-order valence-corrected chi connectivity index (χ0v) is 21.8. The number of methoxy groups -OCH3 is 1. The number of hydrogen-bond acceptors (Lipinski definition) is 7. The van der Waals surface area contributed by atoms with Gasteiger partial charge in [0.05, 0.1) is 17.9 Å². The van der Waals surface area contributed by atoms with E-state index in [-0.39, 0.29) is 41.3 Å². The summed E-state index contributed by atoms with van der Waals surface area (Å²) in [6.07, 6.45) is 2.80. The smallest absolute Gasteiger partial charge is 0.310 e. The molecule has 1 aliphatic heterocycles. The summed E-state index contributed by atoms with van der Waals surface area (Å²) >= 11 is 3.06. The van der Waals surface area contributed by atoms with Crippen molar-refractivity contribution in [2.45, 2.75) is 70.1 Å². The average molecular weight is 504 g/mol. The Morgan fingerprint density at radius 1 is 1.12 bits per heavy atom. The molecular weight excluding hydrogens is 470 g/mol. The molecule has 2 amide bonds. The van der Waals surface area contributed by atoms with Crippen molar-refractivity contribution in [3.8, 4) is 9.75 Å². The summed E-state index contributed by atoms with van der Waals surface area (Å²) in [6.45, 7) is 6.87. The monoisotopic (exact) mass is 503 g/mol. The maximum Gasteiger partial charge on any atom is 0.310 e. The summed E-state index contributed by atoms with van der Waals surface area (Å²) < 4.78 is 5.10. The van der Waals surface area contributed by atoms with Crippen LogP contribution in [0.3, 0.4) is 0 Å². The fourth-order valence-corrected chi connectivity index (χ4v) is 6.83. The molecule has 0 bridgehead atoms. The molecular formula is C25H33N3O4S2. The van der Waals surface area contributed by atoms with Crippen molar-refractivity contribution in [2.75, 3.05) is 13.7 Å². The molecule has 0 spiro atoms. The maximum atomic E-state index is 13.3. The quantitative estimate of drug-likeness (QED) is 0.584. The predicted octanol–water partition coefficient (Wildman–Crippen LogP) is 3.91. The highest BCUT2D eigenvalue weighted by Gasteiger charge is 2.45. The summed E-state index contributed by atoms with van der Waals surface area (Å²) in [5.41, 5.74) is -0.0534. The highest BCUT2D eigenvalue weighted by Crippen LogP contribution is 2.34. The molecule has 1 aliphatic carbocycles. The maximum absolute atomic E-state index is 13.3. The van der Waals surface area contributed by atoms with Crippen LogP contribution in [0.5, 0.6) is 0 Å². The van der Waals surface area contributed by atoms with E-state index in [1.807, 2.05) is 29.6 Å². The van der Waals surface area contributed by atoms with Crippen LogP contribution in [0.4, 0.5) is 0 Å². The number of nitrogens with zero attached hydrogens (tertiary/aromatic N) is 1. The Morgan fingerprint density at radius 2 is 1.91 bits per heavy atom. The lowest BCUT2D eigenvalue weighted by molar-refractivity contribution is -0.151. The van der Waals surface area contributed by atoms with Gasteiger partial charge in [0.2, 0.25) is 5.91 Å². The van der Waals surface area contributed by atoms with Gasteiger partial charge in [-0.1, -0.05) is 6.07 Å². The number of likely N-dealkylation sites (tertiary alicyclic amines) is 1. The van der Waals surface area contributed by atoms with E-state index in [2.05, 4.69) is 31.4 Å². The second-order valence-electron chi connectivity index (χ2n) is 10.1. The van der Waals surface area contributed by atoms with E-state index in [9.17, 15) is 14.4 Å². The van der Waals surface area contributed by atoms with Gasteiger partial charge in [0.15, 0.2) is 0 Å². The molecule has 0 radical (unpaired) electrons. The van der Waals surface area contributed by atoms with E-state index in [1.54, 1.807) is 16.2 Å². The molecule has 0 unspecified atom stereocenters. The Bertz CT molecular complexity index is 1030. The molecule has 3 heterocycles. The normalized spacial score (nSPS) is 25.4. The standard InChI is InChI=1S/C25H33N3O4S2/c1-25(2,3)27-15-7-8-18(16(14-15)24(31)32-4)28-12-11-17(23(28)30)26-22(29)21-10-9-20(34-21)19-6-5-13-33-19/h5-6,9-10,13,15-18,27H,7-8,11-12,14H2,1-4H3,(H,26,29)/t15-,16-,17+,18+/m1/s1. The second-order valence-corrected chi connectivity index (χ2v) is 12.1. The van der Waals surface area contributed by atoms with Crippen molar-refractivity contribution < 1.29 is 19.1 Å². The number of rotatable bonds is 6. The topological polar surface area (TPSA) is 87.7 Å². The number of hydrogen-bond donors (Lipinski definition) is 2. The predicted molar refractivity (Wildman–Crippen MR) is 135 cm³/mol. The summed E-state index contributed by atoms with van der Waals surface area (Å²) in [7, 11) is 1.40. The van der Waals surface area contributed by atoms with Crippen LogP contribution >= 0.6 is 22.7 Å².